The quantitative estimate of drug-likeness (QED) is 0.241. The van der Waals surface area contributed by atoms with Gasteiger partial charge in [0.2, 0.25) is 5.88 Å². The molecule has 41 heavy (non-hydrogen) atoms. The normalized spacial score (nSPS) is 14.3. The standard InChI is InChI=1S/C31H31F2N5O3/c1-20(39)24-15-26(33)31-28(16-24)38(12-13-40-2)29(36-31)18-37-10-8-22(9-11-37)27-4-3-5-30(35-27)41-19-23-7-6-21(17-34)14-25(23)32/h3-7,14-16,22H,8-13,18-19H2,1-2H3. The van der Waals surface area contributed by atoms with Crippen LogP contribution in [0.1, 0.15) is 58.7 Å². The van der Waals surface area contributed by atoms with E-state index in [4.69, 9.17) is 14.7 Å². The summed E-state index contributed by atoms with van der Waals surface area (Å²) < 4.78 is 42.1. The monoisotopic (exact) mass is 559 g/mol. The molecule has 1 saturated heterocycles. The molecule has 1 aliphatic rings. The minimum atomic E-state index is -0.501. The predicted molar refractivity (Wildman–Crippen MR) is 149 cm³/mol. The molecule has 5 rings (SSSR count). The van der Waals surface area contributed by atoms with E-state index in [1.807, 2.05) is 22.8 Å². The summed E-state index contributed by atoms with van der Waals surface area (Å²) in [5.41, 5.74) is 2.73. The van der Waals surface area contributed by atoms with E-state index in [9.17, 15) is 13.6 Å². The van der Waals surface area contributed by atoms with Gasteiger partial charge in [-0.25, -0.2) is 18.7 Å². The van der Waals surface area contributed by atoms with Crippen molar-refractivity contribution in [3.63, 3.8) is 0 Å². The van der Waals surface area contributed by atoms with Crippen LogP contribution in [-0.2, 0) is 24.4 Å². The van der Waals surface area contributed by atoms with Crippen molar-refractivity contribution in [3.05, 3.63) is 88.4 Å². The number of Topliss-reactive ketones (excluding diaryl/α,β-unsaturated/α-hetero) is 1. The third-order valence-corrected chi connectivity index (χ3v) is 7.49. The zero-order valence-electron chi connectivity index (χ0n) is 23.1. The molecule has 8 nitrogen and oxygen atoms in total. The Hall–Kier alpha value is -4.20. The molecule has 0 unspecified atom stereocenters. The van der Waals surface area contributed by atoms with E-state index >= 15 is 0 Å². The number of carbonyl (C=O) groups excluding carboxylic acids is 1. The third kappa shape index (κ3) is 6.42. The van der Waals surface area contributed by atoms with Crippen LogP contribution in [0.15, 0.2) is 48.5 Å². The van der Waals surface area contributed by atoms with Crippen LogP contribution in [0.25, 0.3) is 11.0 Å². The van der Waals surface area contributed by atoms with Crippen LogP contribution in [0.3, 0.4) is 0 Å². The first kappa shape index (κ1) is 28.3. The average molecular weight is 560 g/mol. The minimum Gasteiger partial charge on any atom is -0.473 e. The number of nitriles is 1. The fourth-order valence-electron chi connectivity index (χ4n) is 5.20. The molecule has 212 valence electrons. The Kier molecular flexibility index (Phi) is 8.67. The lowest BCUT2D eigenvalue weighted by atomic mass is 9.93. The van der Waals surface area contributed by atoms with E-state index < -0.39 is 11.6 Å². The molecule has 0 radical (unpaired) electrons. The predicted octanol–water partition coefficient (Wildman–Crippen LogP) is 5.39. The van der Waals surface area contributed by atoms with Crippen LogP contribution in [0, 0.1) is 23.0 Å². The number of hydrogen-bond acceptors (Lipinski definition) is 7. The number of aromatic nitrogens is 3. The van der Waals surface area contributed by atoms with Crippen molar-refractivity contribution in [2.45, 2.75) is 45.4 Å². The lowest BCUT2D eigenvalue weighted by Crippen LogP contribution is -2.33. The van der Waals surface area contributed by atoms with Crippen LogP contribution in [0.4, 0.5) is 8.78 Å². The van der Waals surface area contributed by atoms with Gasteiger partial charge in [0.25, 0.3) is 0 Å². The number of pyridine rings is 1. The Morgan fingerprint density at radius 3 is 2.61 bits per heavy atom. The van der Waals surface area contributed by atoms with Crippen molar-refractivity contribution in [3.8, 4) is 11.9 Å². The molecule has 0 N–H and O–H groups in total. The zero-order valence-corrected chi connectivity index (χ0v) is 23.1. The fraction of sp³-hybridized carbons (Fsp3) is 0.355. The van der Waals surface area contributed by atoms with Crippen LogP contribution in [0.5, 0.6) is 5.88 Å². The molecule has 0 spiro atoms. The number of imidazole rings is 1. The van der Waals surface area contributed by atoms with Gasteiger partial charge < -0.3 is 14.0 Å². The van der Waals surface area contributed by atoms with Crippen molar-refractivity contribution in [1.29, 1.82) is 5.26 Å². The SMILES string of the molecule is COCCn1c(CN2CCC(c3cccc(OCc4ccc(C#N)cc4F)n3)CC2)nc2c(F)cc(C(C)=O)cc21. The van der Waals surface area contributed by atoms with E-state index in [-0.39, 0.29) is 29.4 Å². The molecule has 0 bridgehead atoms. The maximum absolute atomic E-state index is 14.9. The van der Waals surface area contributed by atoms with Crippen molar-refractivity contribution in [1.82, 2.24) is 19.4 Å². The number of benzene rings is 2. The number of piperidine rings is 1. The second-order valence-corrected chi connectivity index (χ2v) is 10.2. The Labute approximate surface area is 237 Å². The highest BCUT2D eigenvalue weighted by Crippen LogP contribution is 2.30. The van der Waals surface area contributed by atoms with E-state index in [1.54, 1.807) is 31.4 Å². The largest absolute Gasteiger partial charge is 0.473 e. The molecule has 1 aliphatic heterocycles. The second-order valence-electron chi connectivity index (χ2n) is 10.2. The third-order valence-electron chi connectivity index (χ3n) is 7.49. The maximum Gasteiger partial charge on any atom is 0.213 e. The molecule has 1 fully saturated rings. The Morgan fingerprint density at radius 1 is 1.10 bits per heavy atom. The number of ether oxygens (including phenoxy) is 2. The maximum atomic E-state index is 14.9. The van der Waals surface area contributed by atoms with Crippen LogP contribution >= 0.6 is 0 Å². The Morgan fingerprint density at radius 2 is 1.90 bits per heavy atom. The highest BCUT2D eigenvalue weighted by molar-refractivity contribution is 5.97. The molecule has 2 aromatic heterocycles. The van der Waals surface area contributed by atoms with E-state index in [0.717, 1.165) is 37.4 Å². The topological polar surface area (TPSA) is 93.3 Å². The van der Waals surface area contributed by atoms with Gasteiger partial charge in [-0.15, -0.1) is 0 Å². The van der Waals surface area contributed by atoms with E-state index in [0.29, 0.717) is 42.2 Å². The molecule has 0 atom stereocenters. The number of methoxy groups -OCH3 is 1. The molecule has 0 amide bonds. The smallest absolute Gasteiger partial charge is 0.213 e. The molecular weight excluding hydrogens is 528 g/mol. The number of likely N-dealkylation sites (tertiary alicyclic amines) is 1. The highest BCUT2D eigenvalue weighted by atomic mass is 19.1. The van der Waals surface area contributed by atoms with Gasteiger partial charge in [0.05, 0.1) is 30.3 Å². The summed E-state index contributed by atoms with van der Waals surface area (Å²) in [4.78, 5) is 23.5. The highest BCUT2D eigenvalue weighted by Gasteiger charge is 2.24. The molecule has 10 heteroatoms. The van der Waals surface area contributed by atoms with Crippen molar-refractivity contribution >= 4 is 16.8 Å². The van der Waals surface area contributed by atoms with Crippen molar-refractivity contribution in [2.75, 3.05) is 26.8 Å². The van der Waals surface area contributed by atoms with Crippen LogP contribution in [0.2, 0.25) is 0 Å². The Bertz CT molecular complexity index is 1610. The fourth-order valence-corrected chi connectivity index (χ4v) is 5.20. The van der Waals surface area contributed by atoms with E-state index in [1.165, 1.54) is 19.1 Å². The summed E-state index contributed by atoms with van der Waals surface area (Å²) >= 11 is 0. The molecule has 0 saturated carbocycles. The first-order chi connectivity index (χ1) is 19.9. The zero-order chi connectivity index (χ0) is 28.9. The number of hydrogen-bond donors (Lipinski definition) is 0. The lowest BCUT2D eigenvalue weighted by molar-refractivity contribution is 0.101. The van der Waals surface area contributed by atoms with Gasteiger partial charge in [-0.1, -0.05) is 12.1 Å². The summed E-state index contributed by atoms with van der Waals surface area (Å²) in [6, 6.07) is 14.8. The van der Waals surface area contributed by atoms with Crippen LogP contribution in [-0.4, -0.2) is 52.0 Å². The molecular formula is C31H31F2N5O3. The molecule has 3 heterocycles. The minimum absolute atomic E-state index is 0.0189. The van der Waals surface area contributed by atoms with Gasteiger partial charge in [0.15, 0.2) is 11.6 Å². The second kappa shape index (κ2) is 12.5. The van der Waals surface area contributed by atoms with Gasteiger partial charge in [-0.05, 0) is 63.2 Å². The number of carbonyl (C=O) groups is 1. The number of halogens is 2. The van der Waals surface area contributed by atoms with Gasteiger partial charge in [0.1, 0.15) is 23.8 Å². The Balaban J connectivity index is 1.24. The van der Waals surface area contributed by atoms with Gasteiger partial charge in [-0.3, -0.25) is 9.69 Å². The number of ketones is 1. The molecule has 4 aromatic rings. The molecule has 2 aromatic carbocycles. The summed E-state index contributed by atoms with van der Waals surface area (Å²) in [6.07, 6.45) is 1.75. The van der Waals surface area contributed by atoms with Crippen LogP contribution < -0.4 is 4.74 Å². The first-order valence-corrected chi connectivity index (χ1v) is 13.6. The number of rotatable bonds is 10. The average Bonchev–Trinajstić information content (AvgIpc) is 3.33. The first-order valence-electron chi connectivity index (χ1n) is 13.6. The van der Waals surface area contributed by atoms with Gasteiger partial charge in [-0.2, -0.15) is 5.26 Å². The summed E-state index contributed by atoms with van der Waals surface area (Å²) in [6.45, 7) is 4.55. The van der Waals surface area contributed by atoms with Crippen molar-refractivity contribution < 1.29 is 23.0 Å². The molecule has 0 aliphatic carbocycles. The lowest BCUT2D eigenvalue weighted by Gasteiger charge is -2.31. The summed E-state index contributed by atoms with van der Waals surface area (Å²) in [5.74, 6) is 0.221. The van der Waals surface area contributed by atoms with Gasteiger partial charge >= 0.3 is 0 Å². The summed E-state index contributed by atoms with van der Waals surface area (Å²) in [7, 11) is 1.62. The van der Waals surface area contributed by atoms with Gasteiger partial charge in [0, 0.05) is 42.5 Å². The van der Waals surface area contributed by atoms with Crippen molar-refractivity contribution in [2.24, 2.45) is 0 Å². The number of fused-ring (bicyclic) bond motifs is 1. The van der Waals surface area contributed by atoms with E-state index in [2.05, 4.69) is 14.9 Å². The number of nitrogens with zero attached hydrogens (tertiary/aromatic N) is 5. The summed E-state index contributed by atoms with van der Waals surface area (Å²) in [5, 5.41) is 8.92.